The van der Waals surface area contributed by atoms with Gasteiger partial charge in [0.05, 0.1) is 15.6 Å². The topological polar surface area (TPSA) is 119 Å². The summed E-state index contributed by atoms with van der Waals surface area (Å²) in [6, 6.07) is 8.81. The molecule has 0 aliphatic carbocycles. The number of piperazine rings is 1. The summed E-state index contributed by atoms with van der Waals surface area (Å²) < 4.78 is 66.3. The largest absolute Gasteiger partial charge is 0.426 e. The van der Waals surface area contributed by atoms with Gasteiger partial charge in [0, 0.05) is 37.4 Å². The Bertz CT molecular complexity index is 1250. The molecule has 1 aliphatic rings. The molecule has 0 bridgehead atoms. The summed E-state index contributed by atoms with van der Waals surface area (Å²) in [5.74, 6) is -1.94. The molecule has 2 amide bonds. The summed E-state index contributed by atoms with van der Waals surface area (Å²) >= 11 is 5.97. The predicted octanol–water partition coefficient (Wildman–Crippen LogP) is 2.78. The molecule has 1 aliphatic heterocycles. The molecule has 0 aromatic heterocycles. The number of alkyl halides is 3. The van der Waals surface area contributed by atoms with Crippen molar-refractivity contribution in [2.75, 3.05) is 43.3 Å². The minimum Gasteiger partial charge on any atom is -0.373 e. The first-order valence-electron chi connectivity index (χ1n) is 10.6. The molecular weight excluding hydrogens is 525 g/mol. The lowest BCUT2D eigenvalue weighted by Crippen LogP contribution is -2.52. The minimum atomic E-state index is -5.23. The lowest BCUT2D eigenvalue weighted by atomic mass is 10.1. The number of aliphatic hydroxyl groups is 1. The number of sulfonamides is 1. The average molecular weight is 549 g/mol. The lowest BCUT2D eigenvalue weighted by Gasteiger charge is -2.32. The number of rotatable bonds is 6. The van der Waals surface area contributed by atoms with Gasteiger partial charge in [0.15, 0.2) is 0 Å². The number of carbonyl (C=O) groups is 2. The third kappa shape index (κ3) is 6.09. The quantitative estimate of drug-likeness (QED) is 0.511. The third-order valence-electron chi connectivity index (χ3n) is 5.67. The van der Waals surface area contributed by atoms with E-state index >= 15 is 0 Å². The summed E-state index contributed by atoms with van der Waals surface area (Å²) in [5.41, 5.74) is -3.43. The van der Waals surface area contributed by atoms with E-state index in [0.717, 1.165) is 31.3 Å². The summed E-state index contributed by atoms with van der Waals surface area (Å²) in [5, 5.41) is 10.9. The third-order valence-corrected chi connectivity index (χ3v) is 7.36. The monoisotopic (exact) mass is 548 g/mol. The molecule has 1 fully saturated rings. The Morgan fingerprint density at radius 1 is 1.03 bits per heavy atom. The van der Waals surface area contributed by atoms with Crippen LogP contribution in [0, 0.1) is 0 Å². The molecule has 3 rings (SSSR count). The van der Waals surface area contributed by atoms with Crippen molar-refractivity contribution in [1.29, 1.82) is 0 Å². The normalized spacial score (nSPS) is 16.8. The predicted molar refractivity (Wildman–Crippen MR) is 127 cm³/mol. The summed E-state index contributed by atoms with van der Waals surface area (Å²) in [7, 11) is -2.20. The van der Waals surface area contributed by atoms with Gasteiger partial charge >= 0.3 is 6.18 Å². The van der Waals surface area contributed by atoms with Crippen LogP contribution < -0.4 is 10.0 Å². The Labute approximate surface area is 210 Å². The Morgan fingerprint density at radius 2 is 1.61 bits per heavy atom. The fraction of sp³-hybridized carbons (Fsp3) is 0.364. The molecule has 1 saturated heterocycles. The second kappa shape index (κ2) is 10.2. The number of nitrogens with zero attached hydrogens (tertiary/aromatic N) is 2. The maximum Gasteiger partial charge on any atom is 0.426 e. The van der Waals surface area contributed by atoms with Crippen LogP contribution >= 0.6 is 11.6 Å². The Hall–Kier alpha value is -2.87. The van der Waals surface area contributed by atoms with Gasteiger partial charge in [-0.05, 0) is 56.4 Å². The number of carbonyl (C=O) groups excluding carboxylic acids is 2. The lowest BCUT2D eigenvalue weighted by molar-refractivity contribution is -0.242. The summed E-state index contributed by atoms with van der Waals surface area (Å²) in [6.45, 7) is 2.99. The number of nitrogens with one attached hydrogen (secondary N) is 2. The van der Waals surface area contributed by atoms with Crippen LogP contribution in [0.1, 0.15) is 17.3 Å². The fourth-order valence-electron chi connectivity index (χ4n) is 3.22. The highest BCUT2D eigenvalue weighted by molar-refractivity contribution is 7.92. The van der Waals surface area contributed by atoms with Crippen molar-refractivity contribution in [3.63, 3.8) is 0 Å². The first-order valence-corrected chi connectivity index (χ1v) is 12.5. The minimum absolute atomic E-state index is 0.161. The number of hydrogen-bond donors (Lipinski definition) is 3. The van der Waals surface area contributed by atoms with E-state index < -0.39 is 27.7 Å². The molecule has 0 saturated carbocycles. The Balaban J connectivity index is 1.70. The van der Waals surface area contributed by atoms with Crippen LogP contribution in [0.2, 0.25) is 5.02 Å². The first-order chi connectivity index (χ1) is 16.6. The van der Waals surface area contributed by atoms with Crippen LogP contribution in [0.25, 0.3) is 0 Å². The average Bonchev–Trinajstić information content (AvgIpc) is 2.79. The van der Waals surface area contributed by atoms with E-state index in [1.54, 1.807) is 4.90 Å². The standard InChI is InChI=1S/C22H24ClF3N4O5S/c1-21(33,22(24,25)26)20(32)27-18-8-7-16(13-17(18)23)36(34,35)28-15-5-3-14(4-6-15)19(31)30-11-9-29(2)10-12-30/h3-8,13,28,33H,9-12H2,1-2H3,(H,27,32). The molecular formula is C22H24ClF3N4O5S. The first kappa shape index (κ1) is 27.7. The van der Waals surface area contributed by atoms with E-state index in [0.29, 0.717) is 18.7 Å². The van der Waals surface area contributed by atoms with Crippen molar-refractivity contribution >= 4 is 44.8 Å². The zero-order valence-corrected chi connectivity index (χ0v) is 20.8. The molecule has 1 atom stereocenters. The highest BCUT2D eigenvalue weighted by atomic mass is 35.5. The second-order valence-electron chi connectivity index (χ2n) is 8.44. The number of anilines is 2. The molecule has 1 unspecified atom stereocenters. The second-order valence-corrected chi connectivity index (χ2v) is 10.5. The SMILES string of the molecule is CN1CCN(C(=O)c2ccc(NS(=O)(=O)c3ccc(NC(=O)C(C)(O)C(F)(F)F)c(Cl)c3)cc2)CC1. The van der Waals surface area contributed by atoms with Gasteiger partial charge in [-0.1, -0.05) is 11.6 Å². The van der Waals surface area contributed by atoms with E-state index in [4.69, 9.17) is 11.6 Å². The van der Waals surface area contributed by atoms with Crippen molar-refractivity contribution in [1.82, 2.24) is 9.80 Å². The maximum absolute atomic E-state index is 12.8. The van der Waals surface area contributed by atoms with Crippen molar-refractivity contribution in [2.45, 2.75) is 23.6 Å². The van der Waals surface area contributed by atoms with E-state index in [2.05, 4.69) is 9.62 Å². The molecule has 9 nitrogen and oxygen atoms in total. The van der Waals surface area contributed by atoms with Gasteiger partial charge in [-0.15, -0.1) is 0 Å². The van der Waals surface area contributed by atoms with Crippen LogP contribution in [-0.2, 0) is 14.8 Å². The van der Waals surface area contributed by atoms with Gasteiger partial charge in [0.1, 0.15) is 0 Å². The molecule has 0 spiro atoms. The fourth-order valence-corrected chi connectivity index (χ4v) is 4.60. The summed E-state index contributed by atoms with van der Waals surface area (Å²) in [4.78, 5) is 28.0. The van der Waals surface area contributed by atoms with E-state index in [1.165, 1.54) is 24.3 Å². The molecule has 36 heavy (non-hydrogen) atoms. The van der Waals surface area contributed by atoms with Crippen LogP contribution in [0.4, 0.5) is 24.5 Å². The van der Waals surface area contributed by atoms with Crippen LogP contribution in [0.5, 0.6) is 0 Å². The van der Waals surface area contributed by atoms with Gasteiger partial charge in [0.2, 0.25) is 5.60 Å². The van der Waals surface area contributed by atoms with E-state index in [9.17, 15) is 36.3 Å². The van der Waals surface area contributed by atoms with Gasteiger partial charge in [-0.2, -0.15) is 13.2 Å². The Morgan fingerprint density at radius 3 is 2.14 bits per heavy atom. The zero-order chi connectivity index (χ0) is 26.9. The van der Waals surface area contributed by atoms with Crippen LogP contribution in [0.3, 0.4) is 0 Å². The van der Waals surface area contributed by atoms with E-state index in [-0.39, 0.29) is 34.1 Å². The molecule has 14 heteroatoms. The zero-order valence-electron chi connectivity index (χ0n) is 19.3. The Kier molecular flexibility index (Phi) is 7.89. The number of likely N-dealkylation sites (N-methyl/N-ethyl adjacent to an activating group) is 1. The number of halogens is 4. The molecule has 3 N–H and O–H groups in total. The molecule has 1 heterocycles. The maximum atomic E-state index is 12.8. The number of hydrogen-bond acceptors (Lipinski definition) is 6. The molecule has 196 valence electrons. The molecule has 2 aromatic carbocycles. The molecule has 0 radical (unpaired) electrons. The summed E-state index contributed by atoms with van der Waals surface area (Å²) in [6.07, 6.45) is -5.23. The van der Waals surface area contributed by atoms with Crippen molar-refractivity contribution in [3.8, 4) is 0 Å². The van der Waals surface area contributed by atoms with Gasteiger partial charge in [-0.25, -0.2) is 8.42 Å². The highest BCUT2D eigenvalue weighted by Crippen LogP contribution is 2.33. The van der Waals surface area contributed by atoms with Crippen LogP contribution in [-0.4, -0.2) is 80.1 Å². The van der Waals surface area contributed by atoms with Gasteiger partial charge < -0.3 is 20.2 Å². The van der Waals surface area contributed by atoms with E-state index in [1.807, 2.05) is 12.4 Å². The van der Waals surface area contributed by atoms with Gasteiger partial charge in [-0.3, -0.25) is 14.3 Å². The molecule has 2 aromatic rings. The highest BCUT2D eigenvalue weighted by Gasteiger charge is 2.55. The van der Waals surface area contributed by atoms with Crippen molar-refractivity contribution in [3.05, 3.63) is 53.1 Å². The van der Waals surface area contributed by atoms with Crippen LogP contribution in [0.15, 0.2) is 47.4 Å². The van der Waals surface area contributed by atoms with Gasteiger partial charge in [0.25, 0.3) is 21.8 Å². The number of amides is 2. The van der Waals surface area contributed by atoms with Crippen molar-refractivity contribution in [2.24, 2.45) is 0 Å². The smallest absolute Gasteiger partial charge is 0.373 e. The number of benzene rings is 2. The van der Waals surface area contributed by atoms with Crippen molar-refractivity contribution < 1.29 is 36.3 Å².